The molecular formula is C31H34N8O3. The van der Waals surface area contributed by atoms with Gasteiger partial charge in [-0.2, -0.15) is 4.98 Å². The van der Waals surface area contributed by atoms with E-state index in [1.165, 1.54) is 6.20 Å². The summed E-state index contributed by atoms with van der Waals surface area (Å²) in [6, 6.07) is 22.5. The van der Waals surface area contributed by atoms with Crippen molar-refractivity contribution in [3.05, 3.63) is 95.7 Å². The predicted octanol–water partition coefficient (Wildman–Crippen LogP) is 3.75. The van der Waals surface area contributed by atoms with Crippen molar-refractivity contribution in [2.24, 2.45) is 5.73 Å². The Kier molecular flexibility index (Phi) is 8.78. The first-order chi connectivity index (χ1) is 20.4. The van der Waals surface area contributed by atoms with Gasteiger partial charge in [0, 0.05) is 61.5 Å². The summed E-state index contributed by atoms with van der Waals surface area (Å²) in [5, 5.41) is 9.23. The van der Waals surface area contributed by atoms with Crippen LogP contribution in [-0.4, -0.2) is 67.0 Å². The highest BCUT2D eigenvalue weighted by atomic mass is 16.5. The van der Waals surface area contributed by atoms with E-state index in [-0.39, 0.29) is 17.4 Å². The highest BCUT2D eigenvalue weighted by molar-refractivity contribution is 5.98. The van der Waals surface area contributed by atoms with Crippen molar-refractivity contribution in [1.82, 2.24) is 20.2 Å². The first-order valence-corrected chi connectivity index (χ1v) is 13.6. The number of primary amides is 1. The highest BCUT2D eigenvalue weighted by Gasteiger charge is 2.16. The smallest absolute Gasteiger partial charge is 0.254 e. The summed E-state index contributed by atoms with van der Waals surface area (Å²) < 4.78 is 5.16. The summed E-state index contributed by atoms with van der Waals surface area (Å²) in [5.41, 5.74) is 9.84. The molecule has 0 spiro atoms. The number of nitrogens with zero attached hydrogens (tertiary/aromatic N) is 4. The third-order valence-electron chi connectivity index (χ3n) is 7.07. The number of piperazine rings is 1. The maximum Gasteiger partial charge on any atom is 0.254 e. The van der Waals surface area contributed by atoms with Crippen molar-refractivity contribution in [3.63, 3.8) is 0 Å². The lowest BCUT2D eigenvalue weighted by Gasteiger charge is -2.34. The number of likely N-dealkylation sites (N-methyl/N-ethyl adjacent to an activating group) is 1. The molecular weight excluding hydrogens is 532 g/mol. The number of carbonyl (C=O) groups excluding carboxylic acids is 2. The molecule has 3 aromatic carbocycles. The Balaban J connectivity index is 1.22. The predicted molar refractivity (Wildman–Crippen MR) is 164 cm³/mol. The number of carbonyl (C=O) groups is 2. The van der Waals surface area contributed by atoms with Crippen molar-refractivity contribution >= 4 is 40.6 Å². The zero-order valence-electron chi connectivity index (χ0n) is 23.6. The monoisotopic (exact) mass is 566 g/mol. The number of aromatic nitrogens is 2. The molecule has 5 rings (SSSR count). The molecule has 1 fully saturated rings. The average molecular weight is 567 g/mol. The second-order valence-corrected chi connectivity index (χ2v) is 10.0. The Labute approximate surface area is 244 Å². The van der Waals surface area contributed by atoms with Gasteiger partial charge in [0.15, 0.2) is 0 Å². The van der Waals surface area contributed by atoms with Crippen LogP contribution in [0.5, 0.6) is 5.75 Å². The van der Waals surface area contributed by atoms with Crippen molar-refractivity contribution < 1.29 is 14.3 Å². The fraction of sp³-hybridized carbons (Fsp3) is 0.226. The Morgan fingerprint density at radius 3 is 2.17 bits per heavy atom. The highest BCUT2D eigenvalue weighted by Crippen LogP contribution is 2.24. The fourth-order valence-corrected chi connectivity index (χ4v) is 4.54. The third kappa shape index (κ3) is 7.12. The van der Waals surface area contributed by atoms with Crippen LogP contribution in [-0.2, 0) is 6.54 Å². The molecule has 1 aliphatic heterocycles. The number of ether oxygens (including phenoxy) is 1. The summed E-state index contributed by atoms with van der Waals surface area (Å²) >= 11 is 0. The van der Waals surface area contributed by atoms with E-state index >= 15 is 0 Å². The fourth-order valence-electron chi connectivity index (χ4n) is 4.54. The van der Waals surface area contributed by atoms with Gasteiger partial charge in [-0.15, -0.1) is 0 Å². The second kappa shape index (κ2) is 13.0. The number of hydrogen-bond donors (Lipinski definition) is 4. The van der Waals surface area contributed by atoms with Crippen molar-refractivity contribution in [3.8, 4) is 5.75 Å². The third-order valence-corrected chi connectivity index (χ3v) is 7.07. The molecule has 5 N–H and O–H groups in total. The Morgan fingerprint density at radius 1 is 0.881 bits per heavy atom. The van der Waals surface area contributed by atoms with Gasteiger partial charge in [-0.3, -0.25) is 9.59 Å². The van der Waals surface area contributed by atoms with Crippen LogP contribution in [0.25, 0.3) is 0 Å². The van der Waals surface area contributed by atoms with Gasteiger partial charge < -0.3 is 36.2 Å². The van der Waals surface area contributed by atoms with Gasteiger partial charge >= 0.3 is 0 Å². The molecule has 42 heavy (non-hydrogen) atoms. The molecule has 216 valence electrons. The van der Waals surface area contributed by atoms with E-state index in [0.29, 0.717) is 23.6 Å². The topological polar surface area (TPSA) is 138 Å². The van der Waals surface area contributed by atoms with Crippen LogP contribution in [0.15, 0.2) is 79.0 Å². The van der Waals surface area contributed by atoms with Gasteiger partial charge in [0.1, 0.15) is 17.1 Å². The molecule has 1 aromatic heterocycles. The summed E-state index contributed by atoms with van der Waals surface area (Å²) in [6.07, 6.45) is 1.39. The minimum atomic E-state index is -0.636. The number of methoxy groups -OCH3 is 1. The molecule has 11 nitrogen and oxygen atoms in total. The van der Waals surface area contributed by atoms with E-state index in [9.17, 15) is 9.59 Å². The van der Waals surface area contributed by atoms with Crippen LogP contribution >= 0.6 is 0 Å². The number of nitrogens with one attached hydrogen (secondary N) is 3. The number of benzene rings is 3. The minimum Gasteiger partial charge on any atom is -0.497 e. The van der Waals surface area contributed by atoms with Crippen LogP contribution in [0.2, 0.25) is 0 Å². The number of nitrogens with two attached hydrogens (primary N) is 1. The molecule has 0 bridgehead atoms. The van der Waals surface area contributed by atoms with E-state index in [2.05, 4.69) is 42.8 Å². The summed E-state index contributed by atoms with van der Waals surface area (Å²) in [5.74, 6) is 0.502. The molecule has 0 radical (unpaired) electrons. The normalized spacial score (nSPS) is 13.3. The zero-order chi connectivity index (χ0) is 29.5. The lowest BCUT2D eigenvalue weighted by molar-refractivity contribution is 0.0949. The maximum absolute atomic E-state index is 12.6. The summed E-state index contributed by atoms with van der Waals surface area (Å²) in [7, 11) is 3.74. The molecule has 0 saturated carbocycles. The lowest BCUT2D eigenvalue weighted by atomic mass is 10.1. The number of rotatable bonds is 10. The van der Waals surface area contributed by atoms with E-state index in [0.717, 1.165) is 48.9 Å². The molecule has 0 unspecified atom stereocenters. The molecule has 0 atom stereocenters. The largest absolute Gasteiger partial charge is 0.497 e. The quantitative estimate of drug-likeness (QED) is 0.226. The number of hydrogen-bond acceptors (Lipinski definition) is 9. The van der Waals surface area contributed by atoms with Crippen LogP contribution in [0.3, 0.4) is 0 Å². The van der Waals surface area contributed by atoms with Gasteiger partial charge in [-0.25, -0.2) is 4.98 Å². The van der Waals surface area contributed by atoms with Gasteiger partial charge in [-0.1, -0.05) is 12.1 Å². The minimum absolute atomic E-state index is 0.174. The SMILES string of the molecule is COc1ccc(CNC(=O)c2ccc(Nc3ncc(C(N)=O)c(Nc4ccc(N5CCN(C)CC5)cc4)n3)cc2)cc1. The Bertz CT molecular complexity index is 1520. The van der Waals surface area contributed by atoms with Gasteiger partial charge in [0.05, 0.1) is 7.11 Å². The molecule has 11 heteroatoms. The molecule has 4 aromatic rings. The van der Waals surface area contributed by atoms with Crippen LogP contribution in [0, 0.1) is 0 Å². The lowest BCUT2D eigenvalue weighted by Crippen LogP contribution is -2.44. The van der Waals surface area contributed by atoms with E-state index in [1.807, 2.05) is 48.5 Å². The zero-order valence-corrected chi connectivity index (χ0v) is 23.6. The van der Waals surface area contributed by atoms with E-state index in [4.69, 9.17) is 10.5 Å². The second-order valence-electron chi connectivity index (χ2n) is 10.0. The maximum atomic E-state index is 12.6. The molecule has 0 aliphatic carbocycles. The number of anilines is 5. The van der Waals surface area contributed by atoms with Crippen LogP contribution < -0.4 is 31.3 Å². The van der Waals surface area contributed by atoms with Crippen LogP contribution in [0.1, 0.15) is 26.3 Å². The standard InChI is InChI=1S/C31H34N8O3/c1-38-15-17-39(18-16-38)25-11-9-23(10-12-25)35-29-27(28(32)40)20-34-31(37-29)36-24-7-5-22(6-8-24)30(41)33-19-21-3-13-26(42-2)14-4-21/h3-14,20H,15-19H2,1-2H3,(H2,32,40)(H,33,41)(H2,34,35,36,37). The van der Waals surface area contributed by atoms with Gasteiger partial charge in [-0.05, 0) is 73.3 Å². The average Bonchev–Trinajstić information content (AvgIpc) is 3.01. The van der Waals surface area contributed by atoms with Gasteiger partial charge in [0.25, 0.3) is 11.8 Å². The van der Waals surface area contributed by atoms with Crippen molar-refractivity contribution in [2.75, 3.05) is 55.9 Å². The summed E-state index contributed by atoms with van der Waals surface area (Å²) in [6.45, 7) is 4.41. The van der Waals surface area contributed by atoms with Crippen molar-refractivity contribution in [2.45, 2.75) is 6.54 Å². The molecule has 2 heterocycles. The van der Waals surface area contributed by atoms with Crippen molar-refractivity contribution in [1.29, 1.82) is 0 Å². The van der Waals surface area contributed by atoms with Crippen LogP contribution in [0.4, 0.5) is 28.8 Å². The summed E-state index contributed by atoms with van der Waals surface area (Å²) in [4.78, 5) is 38.1. The molecule has 2 amide bonds. The van der Waals surface area contributed by atoms with Gasteiger partial charge in [0.2, 0.25) is 5.95 Å². The first-order valence-electron chi connectivity index (χ1n) is 13.6. The first kappa shape index (κ1) is 28.4. The van der Waals surface area contributed by atoms with E-state index in [1.54, 1.807) is 31.4 Å². The Hall–Kier alpha value is -5.16. The molecule has 1 aliphatic rings. The number of amides is 2. The molecule has 1 saturated heterocycles. The van der Waals surface area contributed by atoms with E-state index < -0.39 is 5.91 Å². The Morgan fingerprint density at radius 2 is 1.52 bits per heavy atom.